The van der Waals surface area contributed by atoms with Crippen LogP contribution >= 0.6 is 0 Å². The van der Waals surface area contributed by atoms with Gasteiger partial charge < -0.3 is 4.74 Å². The molecule has 0 saturated carbocycles. The van der Waals surface area contributed by atoms with E-state index in [0.29, 0.717) is 19.3 Å². The van der Waals surface area contributed by atoms with Crippen LogP contribution in [0.5, 0.6) is 0 Å². The summed E-state index contributed by atoms with van der Waals surface area (Å²) in [5.74, 6) is -0.488. The van der Waals surface area contributed by atoms with Gasteiger partial charge in [0.05, 0.1) is 6.61 Å². The summed E-state index contributed by atoms with van der Waals surface area (Å²) in [5.41, 5.74) is 0. The summed E-state index contributed by atoms with van der Waals surface area (Å²) in [4.78, 5) is 10.5. The predicted molar refractivity (Wildman–Crippen MR) is 53.5 cm³/mol. The smallest absolute Gasteiger partial charge is 0.463 e. The lowest BCUT2D eigenvalue weighted by molar-refractivity contribution is -0.137. The van der Waals surface area contributed by atoms with Gasteiger partial charge in [0.15, 0.2) is 0 Å². The van der Waals surface area contributed by atoms with Crippen LogP contribution in [-0.4, -0.2) is 21.7 Å². The number of hydrogen-bond donors (Lipinski definition) is 0. The van der Waals surface area contributed by atoms with E-state index < -0.39 is 21.1 Å². The molecule has 0 unspecified atom stereocenters. The summed E-state index contributed by atoms with van der Waals surface area (Å²) in [6.45, 7) is 3.48. The Morgan fingerprint density at radius 1 is 1.20 bits per heavy atom. The molecule has 2 nitrogen and oxygen atoms in total. The maximum absolute atomic E-state index is 11.8. The first-order valence-corrected chi connectivity index (χ1v) is 6.66. The molecule has 0 aromatic heterocycles. The van der Waals surface area contributed by atoms with Gasteiger partial charge in [-0.3, -0.25) is 0 Å². The van der Waals surface area contributed by atoms with Gasteiger partial charge in [-0.1, -0.05) is 19.4 Å². The third-order valence-electron chi connectivity index (χ3n) is 1.77. The van der Waals surface area contributed by atoms with E-state index in [-0.39, 0.29) is 13.0 Å². The van der Waals surface area contributed by atoms with E-state index in [9.17, 15) is 17.1 Å². The van der Waals surface area contributed by atoms with Crippen molar-refractivity contribution in [2.75, 3.05) is 6.61 Å². The van der Waals surface area contributed by atoms with Crippen LogP contribution < -0.4 is 0 Å². The lowest BCUT2D eigenvalue weighted by atomic mass is 10.2. The van der Waals surface area contributed by atoms with Gasteiger partial charge in [0.2, 0.25) is 0 Å². The SMILES string of the molecule is C=CC(=O)OCCCCCC[Si](F)(F)F. The van der Waals surface area contributed by atoms with Gasteiger partial charge in [-0.05, 0) is 12.8 Å². The van der Waals surface area contributed by atoms with Crippen LogP contribution in [0, 0.1) is 0 Å². The van der Waals surface area contributed by atoms with Gasteiger partial charge in [-0.25, -0.2) is 17.1 Å². The zero-order valence-corrected chi connectivity index (χ0v) is 9.48. The molecule has 0 aromatic carbocycles. The molecule has 88 valence electrons. The molecule has 0 heterocycles. The lowest BCUT2D eigenvalue weighted by Crippen LogP contribution is -2.13. The van der Waals surface area contributed by atoms with Gasteiger partial charge in [0.1, 0.15) is 0 Å². The number of halogens is 3. The van der Waals surface area contributed by atoms with E-state index in [1.807, 2.05) is 0 Å². The van der Waals surface area contributed by atoms with Crippen molar-refractivity contribution in [1.82, 2.24) is 0 Å². The minimum Gasteiger partial charge on any atom is -0.463 e. The normalized spacial score (nSPS) is 11.1. The zero-order chi connectivity index (χ0) is 11.7. The van der Waals surface area contributed by atoms with Crippen molar-refractivity contribution < 1.29 is 21.9 Å². The molecule has 15 heavy (non-hydrogen) atoms. The molecule has 0 N–H and O–H groups in total. The van der Waals surface area contributed by atoms with Crippen molar-refractivity contribution >= 4 is 15.0 Å². The summed E-state index contributed by atoms with van der Waals surface area (Å²) >= 11 is 0. The monoisotopic (exact) mass is 240 g/mol. The third-order valence-corrected chi connectivity index (χ3v) is 2.69. The van der Waals surface area contributed by atoms with Gasteiger partial charge in [-0.15, -0.1) is 0 Å². The van der Waals surface area contributed by atoms with Crippen LogP contribution in [0.25, 0.3) is 0 Å². The Bertz CT molecular complexity index is 204. The highest BCUT2D eigenvalue weighted by Gasteiger charge is 2.35. The molecule has 0 aliphatic carbocycles. The number of ether oxygens (including phenoxy) is 1. The highest BCUT2D eigenvalue weighted by Crippen LogP contribution is 2.18. The average Bonchev–Trinajstić information content (AvgIpc) is 2.14. The Morgan fingerprint density at radius 3 is 2.33 bits per heavy atom. The van der Waals surface area contributed by atoms with Crippen molar-refractivity contribution in [3.63, 3.8) is 0 Å². The fraction of sp³-hybridized carbons (Fsp3) is 0.667. The quantitative estimate of drug-likeness (QED) is 0.214. The van der Waals surface area contributed by atoms with Crippen molar-refractivity contribution in [2.45, 2.75) is 31.7 Å². The largest absolute Gasteiger partial charge is 0.616 e. The minimum absolute atomic E-state index is 0.200. The van der Waals surface area contributed by atoms with E-state index in [1.165, 1.54) is 0 Å². The van der Waals surface area contributed by atoms with E-state index in [4.69, 9.17) is 0 Å². The lowest BCUT2D eigenvalue weighted by Gasteiger charge is -2.03. The molecule has 0 bridgehead atoms. The molecule has 0 spiro atoms. The highest BCUT2D eigenvalue weighted by atomic mass is 28.5. The van der Waals surface area contributed by atoms with Gasteiger partial charge >= 0.3 is 15.0 Å². The topological polar surface area (TPSA) is 26.3 Å². The summed E-state index contributed by atoms with van der Waals surface area (Å²) in [6, 6.07) is -0.598. The van der Waals surface area contributed by atoms with Crippen molar-refractivity contribution in [2.24, 2.45) is 0 Å². The summed E-state index contributed by atoms with van der Waals surface area (Å²) in [7, 11) is -5.35. The van der Waals surface area contributed by atoms with Crippen LogP contribution in [0.1, 0.15) is 25.7 Å². The highest BCUT2D eigenvalue weighted by molar-refractivity contribution is 6.58. The van der Waals surface area contributed by atoms with E-state index in [1.54, 1.807) is 0 Å². The first-order valence-electron chi connectivity index (χ1n) is 4.81. The first-order chi connectivity index (χ1) is 6.95. The second-order valence-electron chi connectivity index (χ2n) is 3.15. The maximum Gasteiger partial charge on any atom is 0.616 e. The molecule has 0 atom stereocenters. The first kappa shape index (κ1) is 14.2. The molecule has 0 aromatic rings. The van der Waals surface area contributed by atoms with Crippen LogP contribution in [-0.2, 0) is 9.53 Å². The van der Waals surface area contributed by atoms with Crippen molar-refractivity contribution in [3.05, 3.63) is 12.7 Å². The van der Waals surface area contributed by atoms with Crippen LogP contribution in [0.4, 0.5) is 12.3 Å². The molecule has 0 amide bonds. The Hall–Kier alpha value is -0.783. The number of rotatable bonds is 8. The molecule has 0 fully saturated rings. The van der Waals surface area contributed by atoms with Gasteiger partial charge in [0.25, 0.3) is 0 Å². The van der Waals surface area contributed by atoms with Crippen LogP contribution in [0.15, 0.2) is 12.7 Å². The Kier molecular flexibility index (Phi) is 7.11. The Morgan fingerprint density at radius 2 is 1.80 bits per heavy atom. The number of carbonyl (C=O) groups is 1. The van der Waals surface area contributed by atoms with E-state index in [2.05, 4.69) is 11.3 Å². The maximum atomic E-state index is 11.8. The molecular formula is C9H15F3O2Si. The molecular weight excluding hydrogens is 225 g/mol. The van der Waals surface area contributed by atoms with E-state index >= 15 is 0 Å². The fourth-order valence-corrected chi connectivity index (χ4v) is 1.66. The zero-order valence-electron chi connectivity index (χ0n) is 8.48. The number of hydrogen-bond acceptors (Lipinski definition) is 2. The number of unbranched alkanes of at least 4 members (excludes halogenated alkanes) is 3. The van der Waals surface area contributed by atoms with Gasteiger partial charge in [0, 0.05) is 12.1 Å². The predicted octanol–water partition coefficient (Wildman–Crippen LogP) is 3.12. The summed E-state index contributed by atoms with van der Waals surface area (Å²) in [5, 5.41) is 0. The summed E-state index contributed by atoms with van der Waals surface area (Å²) in [6.07, 6.45) is 3.08. The molecule has 0 radical (unpaired) electrons. The number of esters is 1. The molecule has 0 aliphatic rings. The van der Waals surface area contributed by atoms with E-state index in [0.717, 1.165) is 6.08 Å². The molecule has 6 heteroatoms. The molecule has 0 rings (SSSR count). The van der Waals surface area contributed by atoms with Crippen molar-refractivity contribution in [3.8, 4) is 0 Å². The second kappa shape index (κ2) is 7.50. The van der Waals surface area contributed by atoms with Crippen molar-refractivity contribution in [1.29, 1.82) is 0 Å². The van der Waals surface area contributed by atoms with Gasteiger partial charge in [-0.2, -0.15) is 0 Å². The van der Waals surface area contributed by atoms with Crippen LogP contribution in [0.2, 0.25) is 6.04 Å². The second-order valence-corrected chi connectivity index (χ2v) is 4.88. The number of carbonyl (C=O) groups excluding carboxylic acids is 1. The Balaban J connectivity index is 3.19. The average molecular weight is 240 g/mol. The Labute approximate surface area is 88.6 Å². The molecule has 0 aliphatic heterocycles. The molecule has 0 saturated heterocycles. The standard InChI is InChI=1S/C9H15F3O2Si/c1-2-9(13)14-7-5-3-4-6-8-15(10,11)12/h2H,1,3-8H2. The summed E-state index contributed by atoms with van der Waals surface area (Å²) < 4.78 is 40.2. The van der Waals surface area contributed by atoms with Crippen LogP contribution in [0.3, 0.4) is 0 Å². The minimum atomic E-state index is -5.35. The third kappa shape index (κ3) is 11.1. The fourth-order valence-electron chi connectivity index (χ4n) is 1.01.